The molecule has 4 rings (SSSR count). The minimum absolute atomic E-state index is 0.0225. The number of piperidine rings is 1. The van der Waals surface area contributed by atoms with E-state index in [-0.39, 0.29) is 35.8 Å². The lowest BCUT2D eigenvalue weighted by Crippen LogP contribution is -2.51. The monoisotopic (exact) mass is 449 g/mol. The molecule has 1 fully saturated rings. The number of benzene rings is 1. The Bertz CT molecular complexity index is 1080. The van der Waals surface area contributed by atoms with Gasteiger partial charge in [-0.15, -0.1) is 0 Å². The van der Waals surface area contributed by atoms with Crippen LogP contribution in [0, 0.1) is 5.41 Å². The van der Waals surface area contributed by atoms with Gasteiger partial charge in [0, 0.05) is 50.3 Å². The summed E-state index contributed by atoms with van der Waals surface area (Å²) in [5.41, 5.74) is 0.742. The second kappa shape index (κ2) is 10.5. The van der Waals surface area contributed by atoms with Crippen molar-refractivity contribution < 1.29 is 14.3 Å². The summed E-state index contributed by atoms with van der Waals surface area (Å²) in [5, 5.41) is 3.04. The Hall–Kier alpha value is -3.35. The van der Waals surface area contributed by atoms with Crippen molar-refractivity contribution in [3.05, 3.63) is 76.7 Å². The third kappa shape index (κ3) is 5.92. The van der Waals surface area contributed by atoms with Gasteiger partial charge >= 0.3 is 0 Å². The second-order valence-electron chi connectivity index (χ2n) is 8.95. The SMILES string of the molecule is O=C1COc2ccccc2C/C=C/C[C@]2(CCCN(C(=O)CCn3ccccc3=O)C2)CN1. The Morgan fingerprint density at radius 3 is 2.82 bits per heavy atom. The smallest absolute Gasteiger partial charge is 0.257 e. The number of pyridine rings is 1. The van der Waals surface area contributed by atoms with Crippen LogP contribution in [0.3, 0.4) is 0 Å². The summed E-state index contributed by atoms with van der Waals surface area (Å²) in [6, 6.07) is 12.8. The highest BCUT2D eigenvalue weighted by Crippen LogP contribution is 2.34. The molecule has 33 heavy (non-hydrogen) atoms. The highest BCUT2D eigenvalue weighted by atomic mass is 16.5. The van der Waals surface area contributed by atoms with Crippen LogP contribution in [0.25, 0.3) is 0 Å². The number of para-hydroxylation sites is 1. The van der Waals surface area contributed by atoms with E-state index in [0.717, 1.165) is 37.0 Å². The van der Waals surface area contributed by atoms with Gasteiger partial charge < -0.3 is 19.5 Å². The summed E-state index contributed by atoms with van der Waals surface area (Å²) in [4.78, 5) is 39.3. The molecule has 1 aromatic heterocycles. The van der Waals surface area contributed by atoms with E-state index in [2.05, 4.69) is 17.5 Å². The molecule has 1 atom stereocenters. The van der Waals surface area contributed by atoms with Crippen molar-refractivity contribution in [2.45, 2.75) is 38.6 Å². The number of likely N-dealkylation sites (tertiary alicyclic amines) is 1. The summed E-state index contributed by atoms with van der Waals surface area (Å²) in [6.45, 7) is 2.15. The molecule has 0 bridgehead atoms. The molecule has 2 aliphatic rings. The Balaban J connectivity index is 1.44. The van der Waals surface area contributed by atoms with Crippen molar-refractivity contribution in [3.8, 4) is 5.75 Å². The molecule has 1 N–H and O–H groups in total. The lowest BCUT2D eigenvalue weighted by Gasteiger charge is -2.43. The van der Waals surface area contributed by atoms with E-state index < -0.39 is 0 Å². The van der Waals surface area contributed by atoms with Crippen molar-refractivity contribution in [2.75, 3.05) is 26.2 Å². The number of nitrogens with one attached hydrogen (secondary N) is 1. The van der Waals surface area contributed by atoms with Crippen LogP contribution in [0.1, 0.15) is 31.2 Å². The maximum Gasteiger partial charge on any atom is 0.257 e. The average Bonchev–Trinajstić information content (AvgIpc) is 2.83. The first-order chi connectivity index (χ1) is 16.0. The molecule has 2 aromatic rings. The third-order valence-electron chi connectivity index (χ3n) is 6.53. The molecule has 3 heterocycles. The van der Waals surface area contributed by atoms with Crippen molar-refractivity contribution in [1.82, 2.24) is 14.8 Å². The van der Waals surface area contributed by atoms with Gasteiger partial charge in [0.05, 0.1) is 0 Å². The van der Waals surface area contributed by atoms with Crippen molar-refractivity contribution >= 4 is 11.8 Å². The topological polar surface area (TPSA) is 80.6 Å². The van der Waals surface area contributed by atoms with E-state index >= 15 is 0 Å². The average molecular weight is 450 g/mol. The minimum atomic E-state index is -0.206. The molecule has 0 unspecified atom stereocenters. The Kier molecular flexibility index (Phi) is 7.27. The fourth-order valence-electron chi connectivity index (χ4n) is 4.66. The summed E-state index contributed by atoms with van der Waals surface area (Å²) < 4.78 is 7.32. The molecule has 0 aliphatic carbocycles. The second-order valence-corrected chi connectivity index (χ2v) is 8.95. The van der Waals surface area contributed by atoms with Gasteiger partial charge in [0.2, 0.25) is 5.91 Å². The quantitative estimate of drug-likeness (QED) is 0.731. The van der Waals surface area contributed by atoms with Crippen molar-refractivity contribution in [1.29, 1.82) is 0 Å². The van der Waals surface area contributed by atoms with Crippen LogP contribution < -0.4 is 15.6 Å². The lowest BCUT2D eigenvalue weighted by molar-refractivity contribution is -0.135. The van der Waals surface area contributed by atoms with E-state index in [0.29, 0.717) is 26.2 Å². The van der Waals surface area contributed by atoms with E-state index in [1.807, 2.05) is 29.2 Å². The van der Waals surface area contributed by atoms with Gasteiger partial charge in [-0.1, -0.05) is 36.4 Å². The number of ether oxygens (including phenoxy) is 1. The van der Waals surface area contributed by atoms with Gasteiger partial charge in [-0.25, -0.2) is 0 Å². The summed E-state index contributed by atoms with van der Waals surface area (Å²) in [6.07, 6.45) is 9.67. The molecule has 0 saturated carbocycles. The largest absolute Gasteiger partial charge is 0.483 e. The number of fused-ring (bicyclic) bond motifs is 1. The molecular formula is C26H31N3O4. The number of carbonyl (C=O) groups is 2. The first-order valence-electron chi connectivity index (χ1n) is 11.6. The van der Waals surface area contributed by atoms with E-state index in [1.165, 1.54) is 6.07 Å². The lowest BCUT2D eigenvalue weighted by atomic mass is 9.76. The molecular weight excluding hydrogens is 418 g/mol. The number of allylic oxidation sites excluding steroid dienone is 2. The zero-order chi connectivity index (χ0) is 23.1. The zero-order valence-corrected chi connectivity index (χ0v) is 18.9. The Labute approximate surface area is 194 Å². The van der Waals surface area contributed by atoms with Gasteiger partial charge in [-0.3, -0.25) is 14.4 Å². The Morgan fingerprint density at radius 1 is 1.09 bits per heavy atom. The molecule has 1 spiro atoms. The number of hydrogen-bond donors (Lipinski definition) is 1. The van der Waals surface area contributed by atoms with Crippen molar-refractivity contribution in [2.24, 2.45) is 5.41 Å². The molecule has 2 amide bonds. The molecule has 2 aliphatic heterocycles. The number of nitrogens with zero attached hydrogens (tertiary/aromatic N) is 2. The van der Waals surface area contributed by atoms with Gasteiger partial charge in [-0.2, -0.15) is 0 Å². The van der Waals surface area contributed by atoms with Crippen LogP contribution in [0.4, 0.5) is 0 Å². The molecule has 7 heteroatoms. The van der Waals surface area contributed by atoms with Crippen LogP contribution >= 0.6 is 0 Å². The van der Waals surface area contributed by atoms with Crippen LogP contribution in [0.15, 0.2) is 65.6 Å². The highest BCUT2D eigenvalue weighted by Gasteiger charge is 2.36. The zero-order valence-electron chi connectivity index (χ0n) is 18.9. The van der Waals surface area contributed by atoms with Crippen LogP contribution in [0.2, 0.25) is 0 Å². The minimum Gasteiger partial charge on any atom is -0.483 e. The maximum atomic E-state index is 13.0. The molecule has 7 nitrogen and oxygen atoms in total. The summed E-state index contributed by atoms with van der Waals surface area (Å²) in [7, 11) is 0. The standard InChI is InChI=1S/C26H31N3O4/c30-23-18-33-22-10-2-1-8-21(22)9-3-5-13-26(19-27-23)14-7-16-29(20-26)25(32)12-17-28-15-6-4-11-24(28)31/h1-6,8,10-11,15H,7,9,12-14,16-20H2,(H,27,30)/b5-3+/t26-/m0/s1. The number of aromatic nitrogens is 1. The predicted octanol–water partition coefficient (Wildman–Crippen LogP) is 2.54. The van der Waals surface area contributed by atoms with Gasteiger partial charge in [0.1, 0.15) is 5.75 Å². The maximum absolute atomic E-state index is 13.0. The number of rotatable bonds is 3. The molecule has 0 radical (unpaired) electrons. The van der Waals surface area contributed by atoms with Gasteiger partial charge in [-0.05, 0) is 43.4 Å². The number of hydrogen-bond acceptors (Lipinski definition) is 4. The summed E-state index contributed by atoms with van der Waals surface area (Å²) >= 11 is 0. The Morgan fingerprint density at radius 2 is 1.94 bits per heavy atom. The normalized spacial score (nSPS) is 22.3. The number of amides is 2. The first kappa shape index (κ1) is 22.8. The predicted molar refractivity (Wildman–Crippen MR) is 126 cm³/mol. The molecule has 174 valence electrons. The molecule has 1 aromatic carbocycles. The van der Waals surface area contributed by atoms with Crippen LogP contribution in [-0.2, 0) is 22.6 Å². The van der Waals surface area contributed by atoms with Crippen LogP contribution in [-0.4, -0.2) is 47.5 Å². The molecule has 1 saturated heterocycles. The van der Waals surface area contributed by atoms with Crippen LogP contribution in [0.5, 0.6) is 5.75 Å². The summed E-state index contributed by atoms with van der Waals surface area (Å²) in [5.74, 6) is 0.628. The fourth-order valence-corrected chi connectivity index (χ4v) is 4.66. The number of aryl methyl sites for hydroxylation is 1. The third-order valence-corrected chi connectivity index (χ3v) is 6.53. The van der Waals surface area contributed by atoms with E-state index in [1.54, 1.807) is 22.9 Å². The van der Waals surface area contributed by atoms with Gasteiger partial charge in [0.15, 0.2) is 6.61 Å². The number of carbonyl (C=O) groups excluding carboxylic acids is 2. The first-order valence-corrected chi connectivity index (χ1v) is 11.6. The van der Waals surface area contributed by atoms with E-state index in [9.17, 15) is 14.4 Å². The van der Waals surface area contributed by atoms with E-state index in [4.69, 9.17) is 4.74 Å². The van der Waals surface area contributed by atoms with Crippen molar-refractivity contribution in [3.63, 3.8) is 0 Å². The fraction of sp³-hybridized carbons (Fsp3) is 0.423. The highest BCUT2D eigenvalue weighted by molar-refractivity contribution is 5.78. The van der Waals surface area contributed by atoms with Gasteiger partial charge in [0.25, 0.3) is 11.5 Å².